The number of benzene rings is 2. The lowest BCUT2D eigenvalue weighted by Crippen LogP contribution is -2.43. The molecule has 0 radical (unpaired) electrons. The third-order valence-electron chi connectivity index (χ3n) is 4.05. The molecule has 1 amide bonds. The number of nitrogens with one attached hydrogen (secondary N) is 3. The van der Waals surface area contributed by atoms with Gasteiger partial charge in [0, 0.05) is 30.6 Å². The quantitative estimate of drug-likeness (QED) is 0.448. The number of nitrogens with zero attached hydrogens (tertiary/aromatic N) is 2. The standard InChI is InChI=1S/C19H18ClN5O2S/c1-25-16(22-15-8-3-2-7-14(15)18(25)27)9-10-17(26)23-24-19(28)21-13-6-4-5-12(20)11-13/h2-8,11H,9-10H2,1H3,(H,23,26)(H2,21,24,28). The number of fused-ring (bicyclic) bond motifs is 1. The van der Waals surface area contributed by atoms with Crippen LogP contribution in [0.25, 0.3) is 10.9 Å². The Morgan fingerprint density at radius 1 is 1.18 bits per heavy atom. The number of anilines is 1. The van der Waals surface area contributed by atoms with E-state index < -0.39 is 0 Å². The van der Waals surface area contributed by atoms with Crippen LogP contribution in [0.2, 0.25) is 5.02 Å². The molecular formula is C19H18ClN5O2S. The molecule has 0 saturated heterocycles. The summed E-state index contributed by atoms with van der Waals surface area (Å²) in [7, 11) is 1.65. The van der Waals surface area contributed by atoms with E-state index in [1.165, 1.54) is 4.57 Å². The summed E-state index contributed by atoms with van der Waals surface area (Å²) < 4.78 is 1.47. The van der Waals surface area contributed by atoms with Crippen molar-refractivity contribution in [3.05, 3.63) is 69.7 Å². The highest BCUT2D eigenvalue weighted by atomic mass is 35.5. The van der Waals surface area contributed by atoms with Crippen LogP contribution < -0.4 is 21.7 Å². The van der Waals surface area contributed by atoms with Gasteiger partial charge in [0.25, 0.3) is 5.56 Å². The highest BCUT2D eigenvalue weighted by Gasteiger charge is 2.10. The van der Waals surface area contributed by atoms with Crippen molar-refractivity contribution in [2.75, 3.05) is 5.32 Å². The maximum absolute atomic E-state index is 12.4. The number of aryl methyl sites for hydroxylation is 1. The fourth-order valence-electron chi connectivity index (χ4n) is 2.63. The summed E-state index contributed by atoms with van der Waals surface area (Å²) in [6.45, 7) is 0. The zero-order valence-corrected chi connectivity index (χ0v) is 16.6. The molecule has 0 unspecified atom stereocenters. The molecule has 0 fully saturated rings. The molecule has 3 aromatic rings. The summed E-state index contributed by atoms with van der Waals surface area (Å²) in [5, 5.41) is 4.27. The second kappa shape index (κ2) is 8.81. The number of carbonyl (C=O) groups excluding carboxylic acids is 1. The van der Waals surface area contributed by atoms with Gasteiger partial charge in [-0.05, 0) is 42.5 Å². The molecule has 28 heavy (non-hydrogen) atoms. The second-order valence-electron chi connectivity index (χ2n) is 6.05. The van der Waals surface area contributed by atoms with Crippen molar-refractivity contribution < 1.29 is 4.79 Å². The van der Waals surface area contributed by atoms with E-state index in [1.54, 1.807) is 49.5 Å². The molecule has 3 N–H and O–H groups in total. The number of hydrogen-bond donors (Lipinski definition) is 3. The summed E-state index contributed by atoms with van der Waals surface area (Å²) in [6.07, 6.45) is 0.462. The normalized spacial score (nSPS) is 10.5. The molecule has 0 atom stereocenters. The first-order chi connectivity index (χ1) is 13.4. The lowest BCUT2D eigenvalue weighted by Gasteiger charge is -2.12. The monoisotopic (exact) mass is 415 g/mol. The number of hydrazine groups is 1. The number of halogens is 1. The molecular weight excluding hydrogens is 398 g/mol. The summed E-state index contributed by atoms with van der Waals surface area (Å²) in [4.78, 5) is 29.0. The van der Waals surface area contributed by atoms with Gasteiger partial charge in [0.15, 0.2) is 5.11 Å². The maximum atomic E-state index is 12.4. The zero-order valence-electron chi connectivity index (χ0n) is 15.0. The van der Waals surface area contributed by atoms with Gasteiger partial charge in [-0.25, -0.2) is 4.98 Å². The van der Waals surface area contributed by atoms with Crippen molar-refractivity contribution in [2.24, 2.45) is 7.05 Å². The predicted octanol–water partition coefficient (Wildman–Crippen LogP) is 2.54. The van der Waals surface area contributed by atoms with Crippen LogP contribution in [-0.2, 0) is 18.3 Å². The van der Waals surface area contributed by atoms with Gasteiger partial charge in [0.2, 0.25) is 5.91 Å². The average Bonchev–Trinajstić information content (AvgIpc) is 2.68. The van der Waals surface area contributed by atoms with Gasteiger partial charge >= 0.3 is 0 Å². The number of thiocarbonyl (C=S) groups is 1. The highest BCUT2D eigenvalue weighted by molar-refractivity contribution is 7.80. The van der Waals surface area contributed by atoms with Crippen molar-refractivity contribution in [3.8, 4) is 0 Å². The van der Waals surface area contributed by atoms with E-state index in [1.807, 2.05) is 6.07 Å². The van der Waals surface area contributed by atoms with E-state index in [4.69, 9.17) is 23.8 Å². The molecule has 1 heterocycles. The smallest absolute Gasteiger partial charge is 0.261 e. The molecule has 7 nitrogen and oxygen atoms in total. The lowest BCUT2D eigenvalue weighted by atomic mass is 10.2. The van der Waals surface area contributed by atoms with Gasteiger partial charge in [-0.15, -0.1) is 0 Å². The molecule has 0 aliphatic heterocycles. The summed E-state index contributed by atoms with van der Waals surface area (Å²) in [5.74, 6) is 0.260. The van der Waals surface area contributed by atoms with E-state index in [9.17, 15) is 9.59 Å². The van der Waals surface area contributed by atoms with E-state index in [2.05, 4.69) is 21.2 Å². The molecule has 0 bridgehead atoms. The van der Waals surface area contributed by atoms with Crippen LogP contribution >= 0.6 is 23.8 Å². The Kier molecular flexibility index (Phi) is 6.23. The summed E-state index contributed by atoms with van der Waals surface area (Å²) >= 11 is 11.0. The second-order valence-corrected chi connectivity index (χ2v) is 6.89. The van der Waals surface area contributed by atoms with Crippen molar-refractivity contribution >= 4 is 51.4 Å². The molecule has 0 aliphatic rings. The lowest BCUT2D eigenvalue weighted by molar-refractivity contribution is -0.121. The largest absolute Gasteiger partial charge is 0.331 e. The van der Waals surface area contributed by atoms with E-state index in [0.29, 0.717) is 33.9 Å². The third-order valence-corrected chi connectivity index (χ3v) is 4.49. The fourth-order valence-corrected chi connectivity index (χ4v) is 2.99. The van der Waals surface area contributed by atoms with E-state index in [-0.39, 0.29) is 23.0 Å². The number of hydrogen-bond acceptors (Lipinski definition) is 4. The molecule has 0 aliphatic carbocycles. The van der Waals surface area contributed by atoms with E-state index in [0.717, 1.165) is 0 Å². The molecule has 144 valence electrons. The molecule has 9 heteroatoms. The highest BCUT2D eigenvalue weighted by Crippen LogP contribution is 2.14. The van der Waals surface area contributed by atoms with Gasteiger partial charge < -0.3 is 5.32 Å². The van der Waals surface area contributed by atoms with Crippen molar-refractivity contribution in [3.63, 3.8) is 0 Å². The maximum Gasteiger partial charge on any atom is 0.261 e. The zero-order chi connectivity index (χ0) is 20.1. The minimum absolute atomic E-state index is 0.133. The molecule has 0 spiro atoms. The van der Waals surface area contributed by atoms with Crippen LogP contribution in [0.3, 0.4) is 0 Å². The Hall–Kier alpha value is -2.97. The first kappa shape index (κ1) is 19.8. The first-order valence-corrected chi connectivity index (χ1v) is 9.29. The van der Waals surface area contributed by atoms with Crippen LogP contribution in [-0.4, -0.2) is 20.6 Å². The first-order valence-electron chi connectivity index (χ1n) is 8.50. The Morgan fingerprint density at radius 2 is 1.96 bits per heavy atom. The molecule has 2 aromatic carbocycles. The number of aromatic nitrogens is 2. The Bertz CT molecular complexity index is 1100. The number of carbonyl (C=O) groups is 1. The number of para-hydroxylation sites is 1. The van der Waals surface area contributed by atoms with Crippen LogP contribution in [0.1, 0.15) is 12.2 Å². The number of rotatable bonds is 4. The van der Waals surface area contributed by atoms with Gasteiger partial charge in [0.1, 0.15) is 5.82 Å². The fraction of sp³-hybridized carbons (Fsp3) is 0.158. The van der Waals surface area contributed by atoms with Crippen LogP contribution in [0.5, 0.6) is 0 Å². The van der Waals surface area contributed by atoms with Crippen molar-refractivity contribution in [1.82, 2.24) is 20.4 Å². The number of amides is 1. The van der Waals surface area contributed by atoms with Gasteiger partial charge in [-0.1, -0.05) is 29.8 Å². The topological polar surface area (TPSA) is 88.1 Å². The average molecular weight is 416 g/mol. The predicted molar refractivity (Wildman–Crippen MR) is 114 cm³/mol. The molecule has 1 aromatic heterocycles. The van der Waals surface area contributed by atoms with Crippen LogP contribution in [0.4, 0.5) is 5.69 Å². The minimum atomic E-state index is -0.280. The van der Waals surface area contributed by atoms with E-state index >= 15 is 0 Å². The van der Waals surface area contributed by atoms with Gasteiger partial charge in [-0.3, -0.25) is 25.0 Å². The van der Waals surface area contributed by atoms with Crippen molar-refractivity contribution in [1.29, 1.82) is 0 Å². The third kappa shape index (κ3) is 4.85. The Labute approximate surface area is 171 Å². The Morgan fingerprint density at radius 3 is 2.75 bits per heavy atom. The van der Waals surface area contributed by atoms with Crippen molar-refractivity contribution in [2.45, 2.75) is 12.8 Å². The Balaban J connectivity index is 1.54. The van der Waals surface area contributed by atoms with Gasteiger partial charge in [-0.2, -0.15) is 0 Å². The molecule has 0 saturated carbocycles. The van der Waals surface area contributed by atoms with Gasteiger partial charge in [0.05, 0.1) is 10.9 Å². The summed E-state index contributed by atoms with van der Waals surface area (Å²) in [6, 6.07) is 14.2. The summed E-state index contributed by atoms with van der Waals surface area (Å²) in [5.41, 5.74) is 6.34. The van der Waals surface area contributed by atoms with Crippen LogP contribution in [0.15, 0.2) is 53.3 Å². The molecule has 3 rings (SSSR count). The van der Waals surface area contributed by atoms with Crippen LogP contribution in [0, 0.1) is 0 Å². The SMILES string of the molecule is Cn1c(CCC(=O)NNC(=S)Nc2cccc(Cl)c2)nc2ccccc2c1=O. The minimum Gasteiger partial charge on any atom is -0.331 e.